The second kappa shape index (κ2) is 6.25. The normalized spacial score (nSPS) is 11.5. The van der Waals surface area contributed by atoms with Gasteiger partial charge in [0.05, 0.1) is 11.1 Å². The van der Waals surface area contributed by atoms with Crippen molar-refractivity contribution in [2.45, 2.75) is 26.4 Å². The number of carbonyl (C=O) groups excluding carboxylic acids is 1. The van der Waals surface area contributed by atoms with Crippen LogP contribution < -0.4 is 5.32 Å². The third-order valence-electron chi connectivity index (χ3n) is 3.27. The highest BCUT2D eigenvalue weighted by molar-refractivity contribution is 5.95. The van der Waals surface area contributed by atoms with Crippen molar-refractivity contribution >= 4 is 5.91 Å². The van der Waals surface area contributed by atoms with Crippen molar-refractivity contribution in [1.29, 1.82) is 0 Å². The smallest absolute Gasteiger partial charge is 0.416 e. The molecule has 0 spiro atoms. The lowest BCUT2D eigenvalue weighted by Crippen LogP contribution is -2.25. The van der Waals surface area contributed by atoms with Crippen LogP contribution in [-0.4, -0.2) is 12.5 Å². The Labute approximate surface area is 126 Å². The number of furan rings is 1. The van der Waals surface area contributed by atoms with Crippen LogP contribution in [0.3, 0.4) is 0 Å². The Morgan fingerprint density at radius 1 is 1.18 bits per heavy atom. The molecule has 0 radical (unpaired) electrons. The third-order valence-corrected chi connectivity index (χ3v) is 3.27. The maximum absolute atomic E-state index is 12.4. The Morgan fingerprint density at radius 2 is 1.82 bits per heavy atom. The standard InChI is InChI=1S/C16H16F3NO2/c1-10-9-14(11(2)22-10)15(21)20-8-7-12-3-5-13(6-4-12)16(17,18)19/h3-6,9H,7-8H2,1-2H3,(H,20,21). The number of nitrogens with one attached hydrogen (secondary N) is 1. The average Bonchev–Trinajstić information content (AvgIpc) is 2.77. The zero-order chi connectivity index (χ0) is 16.3. The first-order valence-electron chi connectivity index (χ1n) is 6.79. The maximum Gasteiger partial charge on any atom is 0.416 e. The number of amides is 1. The summed E-state index contributed by atoms with van der Waals surface area (Å²) in [6.07, 6.45) is -3.87. The second-order valence-electron chi connectivity index (χ2n) is 5.03. The number of hydrogen-bond donors (Lipinski definition) is 1. The topological polar surface area (TPSA) is 42.2 Å². The van der Waals surface area contributed by atoms with Gasteiger partial charge in [0.1, 0.15) is 11.5 Å². The average molecular weight is 311 g/mol. The Kier molecular flexibility index (Phi) is 4.59. The van der Waals surface area contributed by atoms with Crippen molar-refractivity contribution in [3.05, 3.63) is 58.5 Å². The number of alkyl halides is 3. The van der Waals surface area contributed by atoms with Crippen LogP contribution in [0.4, 0.5) is 13.2 Å². The highest BCUT2D eigenvalue weighted by atomic mass is 19.4. The summed E-state index contributed by atoms with van der Waals surface area (Å²) in [5, 5.41) is 2.73. The molecule has 0 saturated carbocycles. The van der Waals surface area contributed by atoms with E-state index in [1.807, 2.05) is 0 Å². The van der Waals surface area contributed by atoms with Gasteiger partial charge in [-0.05, 0) is 44.0 Å². The van der Waals surface area contributed by atoms with Crippen molar-refractivity contribution in [2.75, 3.05) is 6.54 Å². The molecule has 0 saturated heterocycles. The zero-order valence-corrected chi connectivity index (χ0v) is 12.3. The van der Waals surface area contributed by atoms with Gasteiger partial charge in [0.15, 0.2) is 0 Å². The maximum atomic E-state index is 12.4. The molecule has 118 valence electrons. The van der Waals surface area contributed by atoms with E-state index in [1.165, 1.54) is 12.1 Å². The van der Waals surface area contributed by atoms with E-state index in [2.05, 4.69) is 5.32 Å². The molecule has 0 aliphatic carbocycles. The summed E-state index contributed by atoms with van der Waals surface area (Å²) in [4.78, 5) is 11.9. The molecule has 1 aromatic carbocycles. The Balaban J connectivity index is 1.89. The van der Waals surface area contributed by atoms with E-state index in [1.54, 1.807) is 19.9 Å². The van der Waals surface area contributed by atoms with E-state index < -0.39 is 11.7 Å². The van der Waals surface area contributed by atoms with E-state index in [4.69, 9.17) is 4.42 Å². The van der Waals surface area contributed by atoms with Gasteiger partial charge in [-0.25, -0.2) is 0 Å². The number of hydrogen-bond acceptors (Lipinski definition) is 2. The summed E-state index contributed by atoms with van der Waals surface area (Å²) < 4.78 is 42.6. The molecule has 0 bridgehead atoms. The van der Waals surface area contributed by atoms with Gasteiger partial charge in [-0.3, -0.25) is 4.79 Å². The molecule has 0 aliphatic heterocycles. The molecule has 1 aromatic heterocycles. The van der Waals surface area contributed by atoms with E-state index in [0.29, 0.717) is 30.0 Å². The van der Waals surface area contributed by atoms with Crippen LogP contribution in [0.25, 0.3) is 0 Å². The summed E-state index contributed by atoms with van der Waals surface area (Å²) in [5.41, 5.74) is 0.531. The minimum absolute atomic E-state index is 0.249. The molecular formula is C16H16F3NO2. The summed E-state index contributed by atoms with van der Waals surface area (Å²) in [6.45, 7) is 3.80. The summed E-state index contributed by atoms with van der Waals surface area (Å²) in [7, 11) is 0. The van der Waals surface area contributed by atoms with Crippen molar-refractivity contribution in [3.63, 3.8) is 0 Å². The molecule has 0 fully saturated rings. The van der Waals surface area contributed by atoms with Crippen LogP contribution >= 0.6 is 0 Å². The summed E-state index contributed by atoms with van der Waals surface area (Å²) in [6, 6.07) is 6.58. The number of benzene rings is 1. The number of carbonyl (C=O) groups is 1. The molecule has 6 heteroatoms. The first-order valence-corrected chi connectivity index (χ1v) is 6.79. The molecule has 2 rings (SSSR count). The van der Waals surface area contributed by atoms with Crippen molar-refractivity contribution in [1.82, 2.24) is 5.32 Å². The molecule has 1 heterocycles. The lowest BCUT2D eigenvalue weighted by molar-refractivity contribution is -0.137. The molecule has 0 unspecified atom stereocenters. The predicted molar refractivity (Wildman–Crippen MR) is 75.7 cm³/mol. The molecular weight excluding hydrogens is 295 g/mol. The molecule has 0 atom stereocenters. The van der Waals surface area contributed by atoms with Gasteiger partial charge in [0.2, 0.25) is 0 Å². The van der Waals surface area contributed by atoms with Gasteiger partial charge < -0.3 is 9.73 Å². The molecule has 1 N–H and O–H groups in total. The quantitative estimate of drug-likeness (QED) is 0.931. The number of halogens is 3. The molecule has 3 nitrogen and oxygen atoms in total. The van der Waals surface area contributed by atoms with Gasteiger partial charge in [-0.2, -0.15) is 13.2 Å². The lowest BCUT2D eigenvalue weighted by atomic mass is 10.1. The zero-order valence-electron chi connectivity index (χ0n) is 12.3. The third kappa shape index (κ3) is 3.90. The minimum atomic E-state index is -4.33. The monoisotopic (exact) mass is 311 g/mol. The lowest BCUT2D eigenvalue weighted by Gasteiger charge is -2.08. The van der Waals surface area contributed by atoms with Crippen LogP contribution in [0, 0.1) is 13.8 Å². The van der Waals surface area contributed by atoms with Gasteiger partial charge in [-0.1, -0.05) is 12.1 Å². The van der Waals surface area contributed by atoms with Gasteiger partial charge in [0.25, 0.3) is 5.91 Å². The molecule has 22 heavy (non-hydrogen) atoms. The molecule has 2 aromatic rings. The van der Waals surface area contributed by atoms with Crippen molar-refractivity contribution < 1.29 is 22.4 Å². The summed E-state index contributed by atoms with van der Waals surface area (Å²) in [5.74, 6) is 0.955. The second-order valence-corrected chi connectivity index (χ2v) is 5.03. The Hall–Kier alpha value is -2.24. The molecule has 0 aliphatic rings. The fourth-order valence-corrected chi connectivity index (χ4v) is 2.13. The van der Waals surface area contributed by atoms with E-state index in [-0.39, 0.29) is 5.91 Å². The predicted octanol–water partition coefficient (Wildman–Crippen LogP) is 3.89. The SMILES string of the molecule is Cc1cc(C(=O)NCCc2ccc(C(F)(F)F)cc2)c(C)o1. The van der Waals surface area contributed by atoms with Crippen LogP contribution in [0.15, 0.2) is 34.7 Å². The van der Waals surface area contributed by atoms with Gasteiger partial charge >= 0.3 is 6.18 Å². The largest absolute Gasteiger partial charge is 0.466 e. The Bertz CT molecular complexity index is 657. The fourth-order valence-electron chi connectivity index (χ4n) is 2.13. The first-order chi connectivity index (χ1) is 10.3. The van der Waals surface area contributed by atoms with E-state index in [9.17, 15) is 18.0 Å². The highest BCUT2D eigenvalue weighted by Crippen LogP contribution is 2.29. The van der Waals surface area contributed by atoms with Crippen LogP contribution in [-0.2, 0) is 12.6 Å². The Morgan fingerprint density at radius 3 is 2.32 bits per heavy atom. The van der Waals surface area contributed by atoms with Gasteiger partial charge in [-0.15, -0.1) is 0 Å². The van der Waals surface area contributed by atoms with Crippen molar-refractivity contribution in [2.24, 2.45) is 0 Å². The number of aryl methyl sites for hydroxylation is 2. The highest BCUT2D eigenvalue weighted by Gasteiger charge is 2.29. The molecule has 1 amide bonds. The van der Waals surface area contributed by atoms with Crippen molar-refractivity contribution in [3.8, 4) is 0 Å². The van der Waals surface area contributed by atoms with Crippen LogP contribution in [0.5, 0.6) is 0 Å². The van der Waals surface area contributed by atoms with Crippen LogP contribution in [0.1, 0.15) is 33.0 Å². The van der Waals surface area contributed by atoms with Gasteiger partial charge in [0, 0.05) is 6.54 Å². The van der Waals surface area contributed by atoms with E-state index >= 15 is 0 Å². The summed E-state index contributed by atoms with van der Waals surface area (Å²) >= 11 is 0. The van der Waals surface area contributed by atoms with E-state index in [0.717, 1.165) is 17.7 Å². The minimum Gasteiger partial charge on any atom is -0.466 e. The fraction of sp³-hybridized carbons (Fsp3) is 0.312. The van der Waals surface area contributed by atoms with Crippen LogP contribution in [0.2, 0.25) is 0 Å². The number of rotatable bonds is 4. The first kappa shape index (κ1) is 16.1.